The van der Waals surface area contributed by atoms with E-state index in [2.05, 4.69) is 10.1 Å². The third-order valence-electron chi connectivity index (χ3n) is 2.78. The molecule has 2 N–H and O–H groups in total. The van der Waals surface area contributed by atoms with Crippen LogP contribution in [0.4, 0.5) is 5.82 Å². The van der Waals surface area contributed by atoms with Gasteiger partial charge in [-0.1, -0.05) is 5.16 Å². The molecule has 0 aliphatic carbocycles. The van der Waals surface area contributed by atoms with Crippen LogP contribution in [0.15, 0.2) is 22.7 Å². The molecule has 1 aliphatic heterocycles. The van der Waals surface area contributed by atoms with Gasteiger partial charge in [-0.15, -0.1) is 0 Å². The largest absolute Gasteiger partial charge is 0.454 e. The molecule has 17 heavy (non-hydrogen) atoms. The summed E-state index contributed by atoms with van der Waals surface area (Å²) in [6.45, 7) is 0.242. The number of pyridine rings is 1. The SMILES string of the molecule is Nc1noc2nc3cc4c(cc3cc12)OCO4. The minimum atomic E-state index is 0.242. The van der Waals surface area contributed by atoms with E-state index in [1.165, 1.54) is 0 Å². The van der Waals surface area contributed by atoms with Crippen molar-refractivity contribution >= 4 is 27.8 Å². The van der Waals surface area contributed by atoms with Gasteiger partial charge in [0.05, 0.1) is 10.9 Å². The minimum Gasteiger partial charge on any atom is -0.454 e. The molecule has 4 rings (SSSR count). The molecule has 2 aromatic heterocycles. The van der Waals surface area contributed by atoms with E-state index in [1.807, 2.05) is 18.2 Å². The molecule has 0 amide bonds. The maximum Gasteiger partial charge on any atom is 0.260 e. The van der Waals surface area contributed by atoms with Gasteiger partial charge in [0.1, 0.15) is 0 Å². The van der Waals surface area contributed by atoms with Crippen molar-refractivity contribution in [1.82, 2.24) is 10.1 Å². The van der Waals surface area contributed by atoms with Crippen molar-refractivity contribution in [3.63, 3.8) is 0 Å². The zero-order valence-corrected chi connectivity index (χ0v) is 8.64. The summed E-state index contributed by atoms with van der Waals surface area (Å²) in [6, 6.07) is 5.57. The van der Waals surface area contributed by atoms with Crippen molar-refractivity contribution in [2.45, 2.75) is 0 Å². The van der Waals surface area contributed by atoms with Crippen molar-refractivity contribution < 1.29 is 14.0 Å². The molecule has 3 aromatic rings. The number of benzene rings is 1. The molecule has 84 valence electrons. The normalized spacial score (nSPS) is 13.6. The van der Waals surface area contributed by atoms with E-state index < -0.39 is 0 Å². The number of rotatable bonds is 0. The highest BCUT2D eigenvalue weighted by atomic mass is 16.7. The second kappa shape index (κ2) is 2.79. The number of nitrogen functional groups attached to an aromatic ring is 1. The minimum absolute atomic E-state index is 0.242. The Kier molecular flexibility index (Phi) is 1.42. The van der Waals surface area contributed by atoms with Crippen LogP contribution in [0.1, 0.15) is 0 Å². The van der Waals surface area contributed by atoms with Gasteiger partial charge in [-0.05, 0) is 12.1 Å². The first kappa shape index (κ1) is 8.63. The van der Waals surface area contributed by atoms with Gasteiger partial charge < -0.3 is 19.7 Å². The number of fused-ring (bicyclic) bond motifs is 3. The van der Waals surface area contributed by atoms with Crippen LogP contribution in [-0.2, 0) is 0 Å². The summed E-state index contributed by atoms with van der Waals surface area (Å²) in [4.78, 5) is 4.33. The number of aromatic nitrogens is 2. The van der Waals surface area contributed by atoms with Crippen LogP contribution in [0.3, 0.4) is 0 Å². The third kappa shape index (κ3) is 1.09. The predicted molar refractivity (Wildman–Crippen MR) is 59.8 cm³/mol. The molecule has 3 heterocycles. The molecular formula is C11H7N3O3. The Labute approximate surface area is 94.9 Å². The van der Waals surface area contributed by atoms with Crippen LogP contribution in [0, 0.1) is 0 Å². The maximum atomic E-state index is 5.68. The summed E-state index contributed by atoms with van der Waals surface area (Å²) >= 11 is 0. The number of nitrogens with zero attached hydrogens (tertiary/aromatic N) is 2. The first-order valence-electron chi connectivity index (χ1n) is 5.06. The average molecular weight is 229 g/mol. The van der Waals surface area contributed by atoms with Crippen LogP contribution in [0.2, 0.25) is 0 Å². The molecule has 0 spiro atoms. The number of hydrogen-bond acceptors (Lipinski definition) is 6. The van der Waals surface area contributed by atoms with Crippen LogP contribution in [0.25, 0.3) is 22.0 Å². The van der Waals surface area contributed by atoms with Gasteiger partial charge in [0, 0.05) is 11.5 Å². The summed E-state index contributed by atoms with van der Waals surface area (Å²) in [7, 11) is 0. The van der Waals surface area contributed by atoms with E-state index in [-0.39, 0.29) is 6.79 Å². The fraction of sp³-hybridized carbons (Fsp3) is 0.0909. The molecule has 1 aliphatic rings. The summed E-state index contributed by atoms with van der Waals surface area (Å²) < 4.78 is 15.6. The lowest BCUT2D eigenvalue weighted by Crippen LogP contribution is -1.92. The second-order valence-corrected chi connectivity index (χ2v) is 3.81. The molecule has 0 saturated carbocycles. The first-order valence-corrected chi connectivity index (χ1v) is 5.06. The quantitative estimate of drug-likeness (QED) is 0.631. The van der Waals surface area contributed by atoms with Gasteiger partial charge in [0.25, 0.3) is 5.71 Å². The predicted octanol–water partition coefficient (Wildman–Crippen LogP) is 1.69. The Bertz CT molecular complexity index is 750. The van der Waals surface area contributed by atoms with E-state index in [0.717, 1.165) is 10.9 Å². The highest BCUT2D eigenvalue weighted by Gasteiger charge is 2.16. The molecule has 0 saturated heterocycles. The molecule has 0 radical (unpaired) electrons. The summed E-state index contributed by atoms with van der Waals surface area (Å²) in [6.07, 6.45) is 0. The van der Waals surface area contributed by atoms with E-state index >= 15 is 0 Å². The van der Waals surface area contributed by atoms with Crippen molar-refractivity contribution in [3.05, 3.63) is 18.2 Å². The summed E-state index contributed by atoms with van der Waals surface area (Å²) in [5, 5.41) is 5.29. The Morgan fingerprint density at radius 1 is 1.12 bits per heavy atom. The molecular weight excluding hydrogens is 222 g/mol. The van der Waals surface area contributed by atoms with E-state index in [1.54, 1.807) is 0 Å². The maximum absolute atomic E-state index is 5.68. The lowest BCUT2D eigenvalue weighted by molar-refractivity contribution is 0.174. The van der Waals surface area contributed by atoms with Gasteiger partial charge in [-0.3, -0.25) is 0 Å². The zero-order valence-electron chi connectivity index (χ0n) is 8.64. The highest BCUT2D eigenvalue weighted by molar-refractivity contribution is 5.96. The van der Waals surface area contributed by atoms with Crippen molar-refractivity contribution in [2.75, 3.05) is 12.5 Å². The number of nitrogens with two attached hydrogens (primary N) is 1. The van der Waals surface area contributed by atoms with Crippen LogP contribution in [-0.4, -0.2) is 16.9 Å². The highest BCUT2D eigenvalue weighted by Crippen LogP contribution is 2.36. The van der Waals surface area contributed by atoms with Gasteiger partial charge in [-0.2, -0.15) is 0 Å². The molecule has 1 aromatic carbocycles. The fourth-order valence-corrected chi connectivity index (χ4v) is 1.94. The van der Waals surface area contributed by atoms with Crippen LogP contribution >= 0.6 is 0 Å². The Balaban J connectivity index is 2.13. The van der Waals surface area contributed by atoms with E-state index in [9.17, 15) is 0 Å². The van der Waals surface area contributed by atoms with Crippen molar-refractivity contribution in [3.8, 4) is 11.5 Å². The smallest absolute Gasteiger partial charge is 0.260 e. The van der Waals surface area contributed by atoms with Crippen LogP contribution in [0.5, 0.6) is 11.5 Å². The van der Waals surface area contributed by atoms with E-state index in [0.29, 0.717) is 28.4 Å². The first-order chi connectivity index (χ1) is 8.31. The number of ether oxygens (including phenoxy) is 2. The van der Waals surface area contributed by atoms with Gasteiger partial charge in [0.15, 0.2) is 17.3 Å². The van der Waals surface area contributed by atoms with Crippen molar-refractivity contribution in [1.29, 1.82) is 0 Å². The third-order valence-corrected chi connectivity index (χ3v) is 2.78. The monoisotopic (exact) mass is 229 g/mol. The fourth-order valence-electron chi connectivity index (χ4n) is 1.94. The average Bonchev–Trinajstić information content (AvgIpc) is 2.91. The molecule has 0 unspecified atom stereocenters. The van der Waals surface area contributed by atoms with Gasteiger partial charge in [-0.25, -0.2) is 4.98 Å². The lowest BCUT2D eigenvalue weighted by atomic mass is 10.1. The summed E-state index contributed by atoms with van der Waals surface area (Å²) in [5.41, 5.74) is 6.87. The van der Waals surface area contributed by atoms with Gasteiger partial charge >= 0.3 is 0 Å². The van der Waals surface area contributed by atoms with Crippen LogP contribution < -0.4 is 15.2 Å². The molecule has 0 bridgehead atoms. The standard InChI is InChI=1S/C11H7N3O3/c12-10-6-1-5-2-8-9(16-4-15-8)3-7(5)13-11(6)17-14-10/h1-3H,4H2,(H2,12,14). The molecule has 0 fully saturated rings. The second-order valence-electron chi connectivity index (χ2n) is 3.81. The number of hydrogen-bond donors (Lipinski definition) is 1. The number of anilines is 1. The Hall–Kier alpha value is -2.50. The van der Waals surface area contributed by atoms with Crippen molar-refractivity contribution in [2.24, 2.45) is 0 Å². The van der Waals surface area contributed by atoms with Gasteiger partial charge in [0.2, 0.25) is 6.79 Å². The molecule has 6 nitrogen and oxygen atoms in total. The zero-order chi connectivity index (χ0) is 11.4. The Morgan fingerprint density at radius 2 is 1.94 bits per heavy atom. The Morgan fingerprint density at radius 3 is 2.82 bits per heavy atom. The topological polar surface area (TPSA) is 83.4 Å². The molecule has 6 heteroatoms. The lowest BCUT2D eigenvalue weighted by Gasteiger charge is -1.99. The van der Waals surface area contributed by atoms with E-state index in [4.69, 9.17) is 19.7 Å². The molecule has 0 atom stereocenters. The summed E-state index contributed by atoms with van der Waals surface area (Å²) in [5.74, 6) is 1.75.